The molecular formula is C15H20N4O. The van der Waals surface area contributed by atoms with Crippen molar-refractivity contribution >= 4 is 0 Å². The van der Waals surface area contributed by atoms with Crippen LogP contribution in [0.3, 0.4) is 0 Å². The Labute approximate surface area is 118 Å². The van der Waals surface area contributed by atoms with Gasteiger partial charge in [-0.25, -0.2) is 0 Å². The van der Waals surface area contributed by atoms with Crippen LogP contribution in [-0.2, 0) is 13.0 Å². The van der Waals surface area contributed by atoms with Crippen LogP contribution in [0, 0.1) is 5.41 Å². The molecular weight excluding hydrogens is 252 g/mol. The fraction of sp³-hybridized carbons (Fsp3) is 0.333. The molecule has 2 aromatic heterocycles. The average molecular weight is 272 g/mol. The van der Waals surface area contributed by atoms with E-state index in [1.54, 1.807) is 18.3 Å². The van der Waals surface area contributed by atoms with Crippen molar-refractivity contribution in [1.82, 2.24) is 9.55 Å². The maximum absolute atomic E-state index is 7.43. The third-order valence-corrected chi connectivity index (χ3v) is 2.98. The highest BCUT2D eigenvalue weighted by Gasteiger charge is 2.05. The second-order valence-corrected chi connectivity index (χ2v) is 4.74. The van der Waals surface area contributed by atoms with Gasteiger partial charge < -0.3 is 20.4 Å². The third kappa shape index (κ3) is 4.20. The molecule has 2 aromatic rings. The van der Waals surface area contributed by atoms with E-state index in [0.717, 1.165) is 17.7 Å². The standard InChI is InChI=1S/C15H20N4O/c1-2-12-7-15(9-18-8-12)20-11-14(17)10-19-5-3-13(16)4-6-19/h3-9,14,16H,2,10-11,17H2,1H3/t14-/m0/s1. The van der Waals surface area contributed by atoms with Crippen molar-refractivity contribution in [1.29, 1.82) is 5.41 Å². The summed E-state index contributed by atoms with van der Waals surface area (Å²) in [6.07, 6.45) is 8.17. The molecule has 5 heteroatoms. The van der Waals surface area contributed by atoms with E-state index in [2.05, 4.69) is 11.9 Å². The van der Waals surface area contributed by atoms with E-state index in [9.17, 15) is 0 Å². The molecule has 0 bridgehead atoms. The first kappa shape index (κ1) is 14.3. The molecule has 3 N–H and O–H groups in total. The zero-order valence-corrected chi connectivity index (χ0v) is 11.6. The molecule has 0 saturated heterocycles. The van der Waals surface area contributed by atoms with E-state index >= 15 is 0 Å². The SMILES string of the molecule is CCc1cncc(OC[C@@H](N)Cn2ccc(=N)cc2)c1. The van der Waals surface area contributed by atoms with Crippen molar-refractivity contribution < 1.29 is 4.74 Å². The Hall–Kier alpha value is -2.14. The number of hydrogen-bond donors (Lipinski definition) is 2. The van der Waals surface area contributed by atoms with Crippen LogP contribution in [0.2, 0.25) is 0 Å². The molecule has 0 aliphatic heterocycles. The van der Waals surface area contributed by atoms with Crippen molar-refractivity contribution in [2.45, 2.75) is 25.9 Å². The highest BCUT2D eigenvalue weighted by molar-refractivity contribution is 5.23. The maximum atomic E-state index is 7.43. The molecule has 5 nitrogen and oxygen atoms in total. The number of hydrogen-bond acceptors (Lipinski definition) is 4. The largest absolute Gasteiger partial charge is 0.490 e. The van der Waals surface area contributed by atoms with Gasteiger partial charge in [-0.2, -0.15) is 0 Å². The Balaban J connectivity index is 1.86. The monoisotopic (exact) mass is 272 g/mol. The summed E-state index contributed by atoms with van der Waals surface area (Å²) in [6.45, 7) is 3.17. The lowest BCUT2D eigenvalue weighted by Crippen LogP contribution is -2.32. The Morgan fingerprint density at radius 1 is 1.35 bits per heavy atom. The maximum Gasteiger partial charge on any atom is 0.137 e. The Morgan fingerprint density at radius 3 is 2.80 bits per heavy atom. The van der Waals surface area contributed by atoms with Gasteiger partial charge in [0.2, 0.25) is 0 Å². The van der Waals surface area contributed by atoms with Crippen LogP contribution >= 0.6 is 0 Å². The second kappa shape index (κ2) is 6.86. The normalized spacial score (nSPS) is 12.1. The molecule has 0 aliphatic rings. The predicted octanol–water partition coefficient (Wildman–Crippen LogP) is 1.33. The first-order valence-electron chi connectivity index (χ1n) is 6.70. The van der Waals surface area contributed by atoms with E-state index in [1.807, 2.05) is 29.2 Å². The summed E-state index contributed by atoms with van der Waals surface area (Å²) in [4.78, 5) is 4.14. The van der Waals surface area contributed by atoms with E-state index < -0.39 is 0 Å². The summed E-state index contributed by atoms with van der Waals surface area (Å²) in [5.74, 6) is 0.756. The summed E-state index contributed by atoms with van der Waals surface area (Å²) in [6, 6.07) is 5.36. The number of ether oxygens (including phenoxy) is 1. The van der Waals surface area contributed by atoms with Crippen LogP contribution < -0.4 is 15.8 Å². The lowest BCUT2D eigenvalue weighted by atomic mass is 10.2. The number of nitrogens with zero attached hydrogens (tertiary/aromatic N) is 2. The zero-order valence-electron chi connectivity index (χ0n) is 11.6. The summed E-state index contributed by atoms with van der Waals surface area (Å²) < 4.78 is 7.62. The van der Waals surface area contributed by atoms with Crippen LogP contribution in [0.1, 0.15) is 12.5 Å². The van der Waals surface area contributed by atoms with Gasteiger partial charge in [0.25, 0.3) is 0 Å². The minimum Gasteiger partial charge on any atom is -0.490 e. The molecule has 0 radical (unpaired) electrons. The number of aryl methyl sites for hydroxylation is 1. The summed E-state index contributed by atoms with van der Waals surface area (Å²) in [5.41, 5.74) is 7.20. The van der Waals surface area contributed by atoms with Crippen molar-refractivity contribution in [2.24, 2.45) is 5.73 Å². The smallest absolute Gasteiger partial charge is 0.137 e. The summed E-state index contributed by atoms with van der Waals surface area (Å²) >= 11 is 0. The first-order valence-corrected chi connectivity index (χ1v) is 6.70. The van der Waals surface area contributed by atoms with Crippen LogP contribution in [0.25, 0.3) is 0 Å². The van der Waals surface area contributed by atoms with E-state index in [-0.39, 0.29) is 6.04 Å². The lowest BCUT2D eigenvalue weighted by Gasteiger charge is -2.15. The van der Waals surface area contributed by atoms with Gasteiger partial charge in [-0.05, 0) is 30.2 Å². The van der Waals surface area contributed by atoms with Crippen LogP contribution in [0.5, 0.6) is 5.75 Å². The highest BCUT2D eigenvalue weighted by atomic mass is 16.5. The van der Waals surface area contributed by atoms with Gasteiger partial charge >= 0.3 is 0 Å². The second-order valence-electron chi connectivity index (χ2n) is 4.74. The van der Waals surface area contributed by atoms with Gasteiger partial charge in [0, 0.05) is 25.1 Å². The van der Waals surface area contributed by atoms with Crippen LogP contribution in [0.4, 0.5) is 0 Å². The molecule has 1 atom stereocenters. The van der Waals surface area contributed by atoms with Crippen molar-refractivity contribution in [2.75, 3.05) is 6.61 Å². The molecule has 0 amide bonds. The predicted molar refractivity (Wildman–Crippen MR) is 77.4 cm³/mol. The van der Waals surface area contributed by atoms with Crippen molar-refractivity contribution in [3.8, 4) is 5.75 Å². The van der Waals surface area contributed by atoms with E-state index in [4.69, 9.17) is 15.9 Å². The minimum absolute atomic E-state index is 0.109. The highest BCUT2D eigenvalue weighted by Crippen LogP contribution is 2.11. The van der Waals surface area contributed by atoms with Gasteiger partial charge in [-0.3, -0.25) is 4.98 Å². The van der Waals surface area contributed by atoms with Crippen molar-refractivity contribution in [3.63, 3.8) is 0 Å². The molecule has 0 aliphatic carbocycles. The molecule has 0 saturated carbocycles. The molecule has 20 heavy (non-hydrogen) atoms. The third-order valence-electron chi connectivity index (χ3n) is 2.98. The number of nitrogens with one attached hydrogen (secondary N) is 1. The van der Waals surface area contributed by atoms with E-state index in [1.165, 1.54) is 0 Å². The van der Waals surface area contributed by atoms with Gasteiger partial charge in [0.05, 0.1) is 17.6 Å². The number of rotatable bonds is 6. The molecule has 2 heterocycles. The van der Waals surface area contributed by atoms with E-state index in [0.29, 0.717) is 18.5 Å². The Morgan fingerprint density at radius 2 is 2.10 bits per heavy atom. The van der Waals surface area contributed by atoms with Gasteiger partial charge in [-0.1, -0.05) is 6.92 Å². The van der Waals surface area contributed by atoms with Crippen LogP contribution in [0.15, 0.2) is 43.0 Å². The van der Waals surface area contributed by atoms with Gasteiger partial charge in [0.1, 0.15) is 12.4 Å². The van der Waals surface area contributed by atoms with Gasteiger partial charge in [0.15, 0.2) is 0 Å². The molecule has 2 rings (SSSR count). The molecule has 0 unspecified atom stereocenters. The Kier molecular flexibility index (Phi) is 4.90. The lowest BCUT2D eigenvalue weighted by molar-refractivity contribution is 0.274. The summed E-state index contributed by atoms with van der Waals surface area (Å²) in [7, 11) is 0. The number of nitrogens with two attached hydrogens (primary N) is 1. The Bertz CT molecular complexity index is 588. The van der Waals surface area contributed by atoms with Crippen LogP contribution in [-0.4, -0.2) is 22.2 Å². The molecule has 106 valence electrons. The quantitative estimate of drug-likeness (QED) is 0.833. The first-order chi connectivity index (χ1) is 9.67. The molecule has 0 spiro atoms. The topological polar surface area (TPSA) is 76.9 Å². The summed E-state index contributed by atoms with van der Waals surface area (Å²) in [5, 5.41) is 7.92. The molecule has 0 aromatic carbocycles. The zero-order chi connectivity index (χ0) is 14.4. The number of aromatic nitrogens is 2. The van der Waals surface area contributed by atoms with Crippen molar-refractivity contribution in [3.05, 3.63) is 53.9 Å². The average Bonchev–Trinajstić information content (AvgIpc) is 2.48. The fourth-order valence-electron chi connectivity index (χ4n) is 1.84. The minimum atomic E-state index is -0.109. The fourth-order valence-corrected chi connectivity index (χ4v) is 1.84. The number of pyridine rings is 2. The molecule has 0 fully saturated rings. The van der Waals surface area contributed by atoms with Gasteiger partial charge in [-0.15, -0.1) is 0 Å².